The summed E-state index contributed by atoms with van der Waals surface area (Å²) in [7, 11) is 0. The van der Waals surface area contributed by atoms with E-state index in [4.69, 9.17) is 0 Å². The van der Waals surface area contributed by atoms with Crippen molar-refractivity contribution in [3.8, 4) is 0 Å². The van der Waals surface area contributed by atoms with Crippen LogP contribution in [0.3, 0.4) is 0 Å². The van der Waals surface area contributed by atoms with E-state index in [1.54, 1.807) is 0 Å². The molecule has 0 aromatic rings. The van der Waals surface area contributed by atoms with E-state index in [0.717, 1.165) is 11.8 Å². The van der Waals surface area contributed by atoms with Crippen LogP contribution in [0, 0.1) is 18.3 Å². The molecule has 1 heteroatoms. The second-order valence-corrected chi connectivity index (χ2v) is 3.22. The fourth-order valence-electron chi connectivity index (χ4n) is 1.62. The molecule has 1 aliphatic rings. The van der Waals surface area contributed by atoms with Crippen LogP contribution in [0.15, 0.2) is 0 Å². The third-order valence-corrected chi connectivity index (χ3v) is 2.59. The molecule has 0 amide bonds. The van der Waals surface area contributed by atoms with Crippen molar-refractivity contribution in [3.05, 3.63) is 6.42 Å². The predicted octanol–water partition coefficient (Wildman–Crippen LogP) is 0.0409. The van der Waals surface area contributed by atoms with E-state index >= 15 is 0 Å². The van der Waals surface area contributed by atoms with Crippen molar-refractivity contribution >= 4 is 0 Å². The quantitative estimate of drug-likeness (QED) is 0.367. The van der Waals surface area contributed by atoms with Crippen molar-refractivity contribution in [2.75, 3.05) is 0 Å². The summed E-state index contributed by atoms with van der Waals surface area (Å²) in [5, 5.41) is 0. The average molecular weight is 132 g/mol. The maximum atomic E-state index is 2.51. The molecule has 0 saturated heterocycles. The standard InChI is InChI=1S/C9H17.Li/c1-3-8(2)9-6-4-5-7-9;/h6,8-9H,3-5,7H2,1-2H3;/q-1;+1. The van der Waals surface area contributed by atoms with Gasteiger partial charge in [0, 0.05) is 0 Å². The summed E-state index contributed by atoms with van der Waals surface area (Å²) in [5.41, 5.74) is 0. The minimum absolute atomic E-state index is 0. The van der Waals surface area contributed by atoms with Crippen LogP contribution in [0.5, 0.6) is 0 Å². The molecule has 0 bridgehead atoms. The molecule has 2 atom stereocenters. The van der Waals surface area contributed by atoms with Gasteiger partial charge in [0.25, 0.3) is 0 Å². The van der Waals surface area contributed by atoms with Crippen molar-refractivity contribution in [1.82, 2.24) is 0 Å². The van der Waals surface area contributed by atoms with E-state index in [-0.39, 0.29) is 18.9 Å². The van der Waals surface area contributed by atoms with Crippen LogP contribution < -0.4 is 18.9 Å². The summed E-state index contributed by atoms with van der Waals surface area (Å²) < 4.78 is 0. The van der Waals surface area contributed by atoms with Crippen molar-refractivity contribution in [3.63, 3.8) is 0 Å². The van der Waals surface area contributed by atoms with Gasteiger partial charge in [0.05, 0.1) is 0 Å². The molecule has 0 nitrogen and oxygen atoms in total. The van der Waals surface area contributed by atoms with Crippen molar-refractivity contribution in [2.24, 2.45) is 11.8 Å². The molecular weight excluding hydrogens is 115 g/mol. The molecule has 0 aromatic carbocycles. The first-order chi connectivity index (χ1) is 4.34. The van der Waals surface area contributed by atoms with Gasteiger partial charge >= 0.3 is 18.9 Å². The average Bonchev–Trinajstić information content (AvgIpc) is 2.37. The van der Waals surface area contributed by atoms with Gasteiger partial charge in [0.1, 0.15) is 0 Å². The summed E-state index contributed by atoms with van der Waals surface area (Å²) in [6.07, 6.45) is 8.12. The van der Waals surface area contributed by atoms with E-state index in [0.29, 0.717) is 0 Å². The van der Waals surface area contributed by atoms with Gasteiger partial charge in [-0.25, -0.2) is 0 Å². The first-order valence-electron chi connectivity index (χ1n) is 4.18. The minimum Gasteiger partial charge on any atom is -0.325 e. The van der Waals surface area contributed by atoms with Crippen LogP contribution in [0.25, 0.3) is 0 Å². The first-order valence-corrected chi connectivity index (χ1v) is 4.18. The van der Waals surface area contributed by atoms with Gasteiger partial charge in [-0.3, -0.25) is 0 Å². The summed E-state index contributed by atoms with van der Waals surface area (Å²) in [4.78, 5) is 0. The fourth-order valence-corrected chi connectivity index (χ4v) is 1.62. The summed E-state index contributed by atoms with van der Waals surface area (Å²) in [5.74, 6) is 1.89. The maximum absolute atomic E-state index is 2.51. The van der Waals surface area contributed by atoms with Gasteiger partial charge in [-0.05, 0) is 0 Å². The summed E-state index contributed by atoms with van der Waals surface area (Å²) >= 11 is 0. The number of hydrogen-bond donors (Lipinski definition) is 0. The molecule has 0 aromatic heterocycles. The smallest absolute Gasteiger partial charge is 0.325 e. The van der Waals surface area contributed by atoms with E-state index in [2.05, 4.69) is 20.3 Å². The van der Waals surface area contributed by atoms with Crippen molar-refractivity contribution in [1.29, 1.82) is 0 Å². The molecule has 1 fully saturated rings. The number of hydrogen-bond acceptors (Lipinski definition) is 0. The van der Waals surface area contributed by atoms with Crippen LogP contribution >= 0.6 is 0 Å². The van der Waals surface area contributed by atoms with Gasteiger partial charge in [-0.15, -0.1) is 0 Å². The zero-order valence-corrected chi connectivity index (χ0v) is 7.56. The third-order valence-electron chi connectivity index (χ3n) is 2.59. The Morgan fingerprint density at radius 1 is 1.60 bits per heavy atom. The maximum Gasteiger partial charge on any atom is 1.00 e. The SMILES string of the molecule is CCC(C)C1[CH-]CCC1.[Li+]. The molecule has 10 heavy (non-hydrogen) atoms. The Hall–Kier alpha value is 0.597. The van der Waals surface area contributed by atoms with E-state index in [1.807, 2.05) is 0 Å². The van der Waals surface area contributed by atoms with Gasteiger partial charge in [-0.1, -0.05) is 39.0 Å². The second kappa shape index (κ2) is 5.27. The van der Waals surface area contributed by atoms with Crippen LogP contribution in [-0.4, -0.2) is 0 Å². The van der Waals surface area contributed by atoms with Gasteiger partial charge < -0.3 is 6.42 Å². The Balaban J connectivity index is 0.000000810. The molecule has 0 heterocycles. The Bertz CT molecular complexity index is 74.8. The molecule has 1 rings (SSSR count). The third kappa shape index (κ3) is 2.68. The Kier molecular flexibility index (Phi) is 5.59. The van der Waals surface area contributed by atoms with Crippen molar-refractivity contribution in [2.45, 2.75) is 39.5 Å². The Morgan fingerprint density at radius 3 is 2.70 bits per heavy atom. The topological polar surface area (TPSA) is 0 Å². The zero-order valence-electron chi connectivity index (χ0n) is 7.56. The monoisotopic (exact) mass is 132 g/mol. The normalized spacial score (nSPS) is 27.6. The van der Waals surface area contributed by atoms with Crippen LogP contribution in [0.4, 0.5) is 0 Å². The van der Waals surface area contributed by atoms with Gasteiger partial charge in [0.2, 0.25) is 0 Å². The Morgan fingerprint density at radius 2 is 2.30 bits per heavy atom. The molecule has 0 aliphatic heterocycles. The molecule has 54 valence electrons. The van der Waals surface area contributed by atoms with E-state index in [9.17, 15) is 0 Å². The second-order valence-electron chi connectivity index (χ2n) is 3.22. The van der Waals surface area contributed by atoms with Crippen molar-refractivity contribution < 1.29 is 18.9 Å². The van der Waals surface area contributed by atoms with E-state index in [1.165, 1.54) is 25.7 Å². The van der Waals surface area contributed by atoms with Crippen LogP contribution in [0.1, 0.15) is 39.5 Å². The zero-order chi connectivity index (χ0) is 6.69. The molecule has 2 unspecified atom stereocenters. The molecule has 0 spiro atoms. The minimum atomic E-state index is 0. The first kappa shape index (κ1) is 10.6. The van der Waals surface area contributed by atoms with Crippen LogP contribution in [0.2, 0.25) is 0 Å². The molecule has 0 radical (unpaired) electrons. The van der Waals surface area contributed by atoms with Crippen LogP contribution in [-0.2, 0) is 0 Å². The number of rotatable bonds is 2. The summed E-state index contributed by atoms with van der Waals surface area (Å²) in [6, 6.07) is 0. The molecule has 0 N–H and O–H groups in total. The molecular formula is C9H17Li. The van der Waals surface area contributed by atoms with Gasteiger partial charge in [0.15, 0.2) is 0 Å². The largest absolute Gasteiger partial charge is 1.00 e. The summed E-state index contributed by atoms with van der Waals surface area (Å²) in [6.45, 7) is 4.66. The Labute approximate surface area is 77.0 Å². The fraction of sp³-hybridized carbons (Fsp3) is 0.889. The molecule has 1 aliphatic carbocycles. The van der Waals surface area contributed by atoms with E-state index < -0.39 is 0 Å². The van der Waals surface area contributed by atoms with Gasteiger partial charge in [-0.2, -0.15) is 12.3 Å². The predicted molar refractivity (Wildman–Crippen MR) is 41.1 cm³/mol. The molecule has 1 saturated carbocycles.